The largest absolute Gasteiger partial charge is 0.373 e. The number of non-ortho nitro benzene ring substituents is 1. The second-order valence-corrected chi connectivity index (χ2v) is 5.34. The van der Waals surface area contributed by atoms with Crippen molar-refractivity contribution < 1.29 is 9.66 Å². The molecule has 0 bridgehead atoms. The molecule has 0 aliphatic carbocycles. The molecule has 4 heteroatoms. The van der Waals surface area contributed by atoms with Gasteiger partial charge in [0.05, 0.1) is 11.0 Å². The minimum absolute atomic E-state index is 0.0183. The molecule has 0 radical (unpaired) electrons. The van der Waals surface area contributed by atoms with Crippen LogP contribution in [0.5, 0.6) is 0 Å². The Kier molecular flexibility index (Phi) is 3.97. The number of nitro benzene ring substituents is 1. The van der Waals surface area contributed by atoms with E-state index in [4.69, 9.17) is 4.74 Å². The van der Waals surface area contributed by atoms with Gasteiger partial charge in [-0.1, -0.05) is 30.3 Å². The fourth-order valence-electron chi connectivity index (χ4n) is 2.87. The fraction of sp³-hybridized carbons (Fsp3) is 0.294. The van der Waals surface area contributed by atoms with Crippen LogP contribution in [0.25, 0.3) is 0 Å². The Hall–Kier alpha value is -2.20. The van der Waals surface area contributed by atoms with Crippen LogP contribution in [0.3, 0.4) is 0 Å². The molecule has 2 aromatic carbocycles. The molecular formula is C17H17NO3. The Labute approximate surface area is 123 Å². The highest BCUT2D eigenvalue weighted by Crippen LogP contribution is 2.37. The highest BCUT2D eigenvalue weighted by Gasteiger charge is 2.25. The molecule has 0 amide bonds. The van der Waals surface area contributed by atoms with Crippen molar-refractivity contribution in [3.8, 4) is 0 Å². The molecule has 21 heavy (non-hydrogen) atoms. The van der Waals surface area contributed by atoms with E-state index in [2.05, 4.69) is 24.3 Å². The molecule has 0 spiro atoms. The quantitative estimate of drug-likeness (QED) is 0.625. The van der Waals surface area contributed by atoms with E-state index in [0.717, 1.165) is 25.0 Å². The summed E-state index contributed by atoms with van der Waals surface area (Å²) >= 11 is 0. The zero-order valence-electron chi connectivity index (χ0n) is 11.6. The maximum atomic E-state index is 10.7. The second-order valence-electron chi connectivity index (χ2n) is 5.34. The van der Waals surface area contributed by atoms with Gasteiger partial charge in [0.1, 0.15) is 0 Å². The highest BCUT2D eigenvalue weighted by atomic mass is 16.6. The smallest absolute Gasteiger partial charge is 0.269 e. The third-order valence-corrected chi connectivity index (χ3v) is 4.03. The van der Waals surface area contributed by atoms with Gasteiger partial charge in [0.15, 0.2) is 0 Å². The zero-order valence-corrected chi connectivity index (χ0v) is 11.6. The van der Waals surface area contributed by atoms with E-state index in [1.165, 1.54) is 5.56 Å². The van der Waals surface area contributed by atoms with Crippen LogP contribution in [0, 0.1) is 10.1 Å². The van der Waals surface area contributed by atoms with Gasteiger partial charge in [-0.3, -0.25) is 10.1 Å². The molecule has 0 aromatic heterocycles. The third kappa shape index (κ3) is 3.11. The summed E-state index contributed by atoms with van der Waals surface area (Å²) in [4.78, 5) is 10.3. The number of benzene rings is 2. The molecule has 1 heterocycles. The lowest BCUT2D eigenvalue weighted by Crippen LogP contribution is -2.18. The number of nitro groups is 1. The molecule has 3 rings (SSSR count). The van der Waals surface area contributed by atoms with Gasteiger partial charge in [-0.05, 0) is 42.0 Å². The maximum absolute atomic E-state index is 10.7. The third-order valence-electron chi connectivity index (χ3n) is 4.03. The monoisotopic (exact) mass is 283 g/mol. The maximum Gasteiger partial charge on any atom is 0.269 e. The van der Waals surface area contributed by atoms with E-state index in [1.54, 1.807) is 24.3 Å². The Morgan fingerprint density at radius 1 is 1.00 bits per heavy atom. The van der Waals surface area contributed by atoms with E-state index in [9.17, 15) is 10.1 Å². The van der Waals surface area contributed by atoms with Gasteiger partial charge in [-0.25, -0.2) is 0 Å². The molecule has 1 aliphatic heterocycles. The number of ether oxygens (including phenoxy) is 1. The number of hydrogen-bond acceptors (Lipinski definition) is 3. The van der Waals surface area contributed by atoms with Crippen molar-refractivity contribution in [2.24, 2.45) is 0 Å². The van der Waals surface area contributed by atoms with E-state index >= 15 is 0 Å². The molecule has 0 saturated carbocycles. The average molecular weight is 283 g/mol. The van der Waals surface area contributed by atoms with Crippen molar-refractivity contribution >= 4 is 5.69 Å². The Morgan fingerprint density at radius 3 is 2.38 bits per heavy atom. The Balaban J connectivity index is 1.75. The average Bonchev–Trinajstić information content (AvgIpc) is 2.56. The molecule has 108 valence electrons. The fourth-order valence-corrected chi connectivity index (χ4v) is 2.87. The van der Waals surface area contributed by atoms with Crippen LogP contribution in [0.1, 0.15) is 36.0 Å². The van der Waals surface area contributed by atoms with Crippen molar-refractivity contribution in [3.63, 3.8) is 0 Å². The lowest BCUT2D eigenvalue weighted by molar-refractivity contribution is -0.384. The Morgan fingerprint density at radius 2 is 1.71 bits per heavy atom. The molecule has 4 nitrogen and oxygen atoms in total. The highest BCUT2D eigenvalue weighted by molar-refractivity contribution is 5.34. The van der Waals surface area contributed by atoms with Crippen LogP contribution in [-0.4, -0.2) is 11.5 Å². The molecule has 2 unspecified atom stereocenters. The van der Waals surface area contributed by atoms with Crippen molar-refractivity contribution in [2.45, 2.75) is 24.9 Å². The van der Waals surface area contributed by atoms with Crippen LogP contribution >= 0.6 is 0 Å². The number of rotatable bonds is 3. The first-order valence-electron chi connectivity index (χ1n) is 7.15. The van der Waals surface area contributed by atoms with Crippen molar-refractivity contribution in [2.75, 3.05) is 6.61 Å². The summed E-state index contributed by atoms with van der Waals surface area (Å²) in [5.41, 5.74) is 2.48. The van der Waals surface area contributed by atoms with Crippen molar-refractivity contribution in [3.05, 3.63) is 75.8 Å². The molecule has 1 aliphatic rings. The summed E-state index contributed by atoms with van der Waals surface area (Å²) in [5.74, 6) is 0.486. The lowest BCUT2D eigenvalue weighted by Gasteiger charge is -2.30. The molecule has 2 atom stereocenters. The van der Waals surface area contributed by atoms with Gasteiger partial charge in [0.2, 0.25) is 0 Å². The predicted octanol–water partition coefficient (Wildman–Crippen LogP) is 4.23. The predicted molar refractivity (Wildman–Crippen MR) is 80.2 cm³/mol. The second kappa shape index (κ2) is 6.06. The summed E-state index contributed by atoms with van der Waals surface area (Å²) in [6.45, 7) is 0.723. The number of hydrogen-bond donors (Lipinski definition) is 0. The van der Waals surface area contributed by atoms with Gasteiger partial charge >= 0.3 is 0 Å². The van der Waals surface area contributed by atoms with E-state index in [0.29, 0.717) is 5.92 Å². The normalized spacial score (nSPS) is 21.9. The summed E-state index contributed by atoms with van der Waals surface area (Å²) in [7, 11) is 0. The van der Waals surface area contributed by atoms with E-state index < -0.39 is 0 Å². The molecule has 2 aromatic rings. The summed E-state index contributed by atoms with van der Waals surface area (Å²) in [5, 5.41) is 10.7. The lowest BCUT2D eigenvalue weighted by atomic mass is 9.86. The van der Waals surface area contributed by atoms with Crippen molar-refractivity contribution in [1.82, 2.24) is 0 Å². The van der Waals surface area contributed by atoms with Crippen LogP contribution in [0.2, 0.25) is 0 Å². The van der Waals surface area contributed by atoms with E-state index in [-0.39, 0.29) is 16.7 Å². The standard InChI is InChI=1S/C17H17NO3/c19-18(20)16-8-6-14(7-9-16)17-12-15(10-11-21-17)13-4-2-1-3-5-13/h1-9,15,17H,10-12H2. The molecular weight excluding hydrogens is 266 g/mol. The minimum atomic E-state index is -0.377. The van der Waals surface area contributed by atoms with Crippen LogP contribution < -0.4 is 0 Å². The minimum Gasteiger partial charge on any atom is -0.373 e. The van der Waals surface area contributed by atoms with Gasteiger partial charge in [0, 0.05) is 18.7 Å². The zero-order chi connectivity index (χ0) is 14.7. The van der Waals surface area contributed by atoms with Crippen LogP contribution in [0.4, 0.5) is 5.69 Å². The SMILES string of the molecule is O=[N+]([O-])c1ccc(C2CC(c3ccccc3)CCO2)cc1. The van der Waals surface area contributed by atoms with Gasteiger partial charge in [-0.2, -0.15) is 0 Å². The van der Waals surface area contributed by atoms with E-state index in [1.807, 2.05) is 6.07 Å². The first-order valence-corrected chi connectivity index (χ1v) is 7.15. The first-order chi connectivity index (χ1) is 10.2. The van der Waals surface area contributed by atoms with Gasteiger partial charge in [0.25, 0.3) is 5.69 Å². The summed E-state index contributed by atoms with van der Waals surface area (Å²) < 4.78 is 5.85. The van der Waals surface area contributed by atoms with Crippen molar-refractivity contribution in [1.29, 1.82) is 0 Å². The molecule has 1 fully saturated rings. The van der Waals surface area contributed by atoms with Crippen LogP contribution in [0.15, 0.2) is 54.6 Å². The summed E-state index contributed by atoms with van der Waals surface area (Å²) in [6.07, 6.45) is 1.96. The molecule has 1 saturated heterocycles. The van der Waals surface area contributed by atoms with Gasteiger partial charge in [-0.15, -0.1) is 0 Å². The van der Waals surface area contributed by atoms with Gasteiger partial charge < -0.3 is 4.74 Å². The molecule has 0 N–H and O–H groups in total. The summed E-state index contributed by atoms with van der Waals surface area (Å²) in [6, 6.07) is 17.2. The van der Waals surface area contributed by atoms with Crippen LogP contribution in [-0.2, 0) is 4.74 Å². The topological polar surface area (TPSA) is 52.4 Å². The number of nitrogens with zero attached hydrogens (tertiary/aromatic N) is 1. The Bertz CT molecular complexity index is 610. The first kappa shape index (κ1) is 13.8.